The third-order valence-electron chi connectivity index (χ3n) is 4.61. The number of rotatable bonds is 1. The molecule has 0 atom stereocenters. The lowest BCUT2D eigenvalue weighted by atomic mass is 10.0. The van der Waals surface area contributed by atoms with Crippen LogP contribution in [-0.2, 0) is 0 Å². The van der Waals surface area contributed by atoms with E-state index in [9.17, 15) is 9.59 Å². The molecule has 2 aromatic heterocycles. The first-order valence-electron chi connectivity index (χ1n) is 7.98. The van der Waals surface area contributed by atoms with Gasteiger partial charge in [0.25, 0.3) is 11.8 Å². The summed E-state index contributed by atoms with van der Waals surface area (Å²) in [5.41, 5.74) is 3.86. The van der Waals surface area contributed by atoms with Crippen LogP contribution in [-0.4, -0.2) is 21.8 Å². The van der Waals surface area contributed by atoms with E-state index >= 15 is 0 Å². The molecule has 6 nitrogen and oxygen atoms in total. The van der Waals surface area contributed by atoms with Gasteiger partial charge in [-0.15, -0.1) is 0 Å². The Morgan fingerprint density at radius 2 is 1.69 bits per heavy atom. The molecule has 0 saturated carbocycles. The summed E-state index contributed by atoms with van der Waals surface area (Å²) in [6.07, 6.45) is 0. The highest BCUT2D eigenvalue weighted by atomic mass is 16.2. The average Bonchev–Trinajstić information content (AvgIpc) is 3.18. The third-order valence-corrected chi connectivity index (χ3v) is 4.61. The van der Waals surface area contributed by atoms with Crippen LogP contribution >= 0.6 is 0 Å². The van der Waals surface area contributed by atoms with E-state index in [4.69, 9.17) is 5.26 Å². The molecule has 4 aromatic rings. The number of nitriles is 1. The number of para-hydroxylation sites is 1. The number of imide groups is 1. The molecule has 0 aliphatic carbocycles. The summed E-state index contributed by atoms with van der Waals surface area (Å²) in [7, 11) is 0. The highest BCUT2D eigenvalue weighted by Crippen LogP contribution is 2.37. The van der Waals surface area contributed by atoms with Gasteiger partial charge >= 0.3 is 0 Å². The molecular weight excluding hydrogens is 328 g/mol. The zero-order chi connectivity index (χ0) is 17.8. The number of carbonyl (C=O) groups excluding carboxylic acids is 2. The molecule has 0 radical (unpaired) electrons. The van der Waals surface area contributed by atoms with Gasteiger partial charge in [-0.2, -0.15) is 5.26 Å². The summed E-state index contributed by atoms with van der Waals surface area (Å²) in [6.45, 7) is 0. The predicted molar refractivity (Wildman–Crippen MR) is 95.5 cm³/mol. The highest BCUT2D eigenvalue weighted by Gasteiger charge is 2.33. The predicted octanol–water partition coefficient (Wildman–Crippen LogP) is 3.14. The lowest BCUT2D eigenvalue weighted by molar-refractivity contribution is 0.0878. The van der Waals surface area contributed by atoms with Crippen LogP contribution in [0.3, 0.4) is 0 Å². The molecule has 0 bridgehead atoms. The van der Waals surface area contributed by atoms with Gasteiger partial charge in [-0.05, 0) is 18.2 Å². The van der Waals surface area contributed by atoms with E-state index in [1.54, 1.807) is 24.3 Å². The average molecular weight is 338 g/mol. The fraction of sp³-hybridized carbons (Fsp3) is 0. The van der Waals surface area contributed by atoms with Crippen LogP contribution < -0.4 is 5.32 Å². The summed E-state index contributed by atoms with van der Waals surface area (Å²) in [4.78, 5) is 32.4. The second-order valence-corrected chi connectivity index (χ2v) is 6.08. The van der Waals surface area contributed by atoms with Crippen molar-refractivity contribution in [3.63, 3.8) is 0 Å². The van der Waals surface area contributed by atoms with Crippen molar-refractivity contribution in [1.82, 2.24) is 15.3 Å². The molecule has 5 rings (SSSR count). The van der Waals surface area contributed by atoms with Crippen molar-refractivity contribution >= 4 is 33.6 Å². The molecule has 2 N–H and O–H groups in total. The number of amides is 2. The Balaban J connectivity index is 1.94. The molecule has 6 heteroatoms. The van der Waals surface area contributed by atoms with Gasteiger partial charge in [0.1, 0.15) is 5.69 Å². The fourth-order valence-electron chi connectivity index (χ4n) is 3.44. The molecule has 1 aliphatic heterocycles. The van der Waals surface area contributed by atoms with Gasteiger partial charge in [0.15, 0.2) is 0 Å². The number of pyridine rings is 1. The number of fused-ring (bicyclic) bond motifs is 5. The Labute approximate surface area is 147 Å². The van der Waals surface area contributed by atoms with Crippen LogP contribution in [0.4, 0.5) is 0 Å². The molecule has 1 aliphatic rings. The Morgan fingerprint density at radius 1 is 0.923 bits per heavy atom. The SMILES string of the molecule is N#Cc1ccc(-c2nc3c(c4c2[nH]c2ccccc24)C(=O)NC3=O)cc1. The van der Waals surface area contributed by atoms with Crippen molar-refractivity contribution in [3.8, 4) is 17.3 Å². The lowest BCUT2D eigenvalue weighted by Crippen LogP contribution is -2.20. The Hall–Kier alpha value is -3.98. The number of benzene rings is 2. The summed E-state index contributed by atoms with van der Waals surface area (Å²) in [6, 6.07) is 16.7. The first-order chi connectivity index (χ1) is 12.7. The minimum atomic E-state index is -0.493. The van der Waals surface area contributed by atoms with E-state index in [0.717, 1.165) is 16.5 Å². The molecule has 2 amide bonds. The molecule has 0 saturated heterocycles. The molecule has 26 heavy (non-hydrogen) atoms. The van der Waals surface area contributed by atoms with Crippen LogP contribution in [0.15, 0.2) is 48.5 Å². The van der Waals surface area contributed by atoms with Crippen molar-refractivity contribution in [3.05, 3.63) is 65.4 Å². The minimum absolute atomic E-state index is 0.131. The first kappa shape index (κ1) is 14.4. The summed E-state index contributed by atoms with van der Waals surface area (Å²) < 4.78 is 0. The Kier molecular flexibility index (Phi) is 2.77. The van der Waals surface area contributed by atoms with Crippen LogP contribution in [0, 0.1) is 11.3 Å². The lowest BCUT2D eigenvalue weighted by Gasteiger charge is -2.06. The van der Waals surface area contributed by atoms with E-state index in [0.29, 0.717) is 27.7 Å². The quantitative estimate of drug-likeness (QED) is 0.521. The smallest absolute Gasteiger partial charge is 0.277 e. The van der Waals surface area contributed by atoms with Crippen LogP contribution in [0.25, 0.3) is 33.1 Å². The fourth-order valence-corrected chi connectivity index (χ4v) is 3.44. The third kappa shape index (κ3) is 1.82. The van der Waals surface area contributed by atoms with Crippen molar-refractivity contribution in [1.29, 1.82) is 5.26 Å². The van der Waals surface area contributed by atoms with Crippen molar-refractivity contribution in [2.45, 2.75) is 0 Å². The van der Waals surface area contributed by atoms with Crippen molar-refractivity contribution in [2.75, 3.05) is 0 Å². The normalized spacial score (nSPS) is 13.0. The number of aromatic nitrogens is 2. The monoisotopic (exact) mass is 338 g/mol. The first-order valence-corrected chi connectivity index (χ1v) is 7.98. The largest absolute Gasteiger partial charge is 0.353 e. The highest BCUT2D eigenvalue weighted by molar-refractivity contribution is 6.30. The Morgan fingerprint density at radius 3 is 2.46 bits per heavy atom. The van der Waals surface area contributed by atoms with Gasteiger partial charge in [0.05, 0.1) is 28.4 Å². The number of hydrogen-bond acceptors (Lipinski definition) is 4. The maximum atomic E-state index is 12.3. The molecular formula is C20H10N4O2. The second-order valence-electron chi connectivity index (χ2n) is 6.08. The maximum absolute atomic E-state index is 12.3. The number of nitrogens with one attached hydrogen (secondary N) is 2. The molecule has 0 spiro atoms. The number of nitrogens with zero attached hydrogens (tertiary/aromatic N) is 2. The van der Waals surface area contributed by atoms with Crippen LogP contribution in [0.5, 0.6) is 0 Å². The van der Waals surface area contributed by atoms with Gasteiger partial charge in [0.2, 0.25) is 0 Å². The van der Waals surface area contributed by atoms with Gasteiger partial charge in [-0.25, -0.2) is 4.98 Å². The van der Waals surface area contributed by atoms with Crippen molar-refractivity contribution < 1.29 is 9.59 Å². The van der Waals surface area contributed by atoms with Gasteiger partial charge in [0, 0.05) is 21.9 Å². The molecule has 0 fully saturated rings. The topological polar surface area (TPSA) is 98.6 Å². The molecule has 0 unspecified atom stereocenters. The number of hydrogen-bond donors (Lipinski definition) is 2. The van der Waals surface area contributed by atoms with E-state index in [-0.39, 0.29) is 5.69 Å². The van der Waals surface area contributed by atoms with Gasteiger partial charge in [-0.1, -0.05) is 30.3 Å². The van der Waals surface area contributed by atoms with Crippen LogP contribution in [0.2, 0.25) is 0 Å². The number of H-pyrrole nitrogens is 1. The zero-order valence-corrected chi connectivity index (χ0v) is 13.3. The number of aromatic amines is 1. The van der Waals surface area contributed by atoms with E-state index in [2.05, 4.69) is 21.4 Å². The number of carbonyl (C=O) groups is 2. The van der Waals surface area contributed by atoms with E-state index in [1.165, 1.54) is 0 Å². The molecule has 3 heterocycles. The Bertz CT molecular complexity index is 1290. The van der Waals surface area contributed by atoms with E-state index < -0.39 is 11.8 Å². The summed E-state index contributed by atoms with van der Waals surface area (Å²) in [5, 5.41) is 12.9. The standard InChI is InChI=1S/C20H10N4O2/c21-9-10-5-7-11(8-6-10)16-17-14(12-3-1-2-4-13(12)22-17)15-18(23-16)20(26)24-19(15)25/h1-8,22H,(H,24,25,26). The zero-order valence-electron chi connectivity index (χ0n) is 13.3. The van der Waals surface area contributed by atoms with Gasteiger partial charge < -0.3 is 4.98 Å². The molecule has 2 aromatic carbocycles. The van der Waals surface area contributed by atoms with Gasteiger partial charge in [-0.3, -0.25) is 14.9 Å². The molecule has 122 valence electrons. The summed E-state index contributed by atoms with van der Waals surface area (Å²) in [5.74, 6) is -0.925. The van der Waals surface area contributed by atoms with Crippen LogP contribution in [0.1, 0.15) is 26.4 Å². The summed E-state index contributed by atoms with van der Waals surface area (Å²) >= 11 is 0. The minimum Gasteiger partial charge on any atom is -0.353 e. The van der Waals surface area contributed by atoms with E-state index in [1.807, 2.05) is 24.3 Å². The second kappa shape index (κ2) is 5.01. The maximum Gasteiger partial charge on any atom is 0.277 e. The van der Waals surface area contributed by atoms with Crippen molar-refractivity contribution in [2.24, 2.45) is 0 Å².